The van der Waals surface area contributed by atoms with Gasteiger partial charge in [0.05, 0.1) is 11.3 Å². The summed E-state index contributed by atoms with van der Waals surface area (Å²) in [4.78, 5) is 16.6. The molecule has 2 heterocycles. The van der Waals surface area contributed by atoms with Crippen LogP contribution >= 0.6 is 11.8 Å². The normalized spacial score (nSPS) is 14.3. The van der Waals surface area contributed by atoms with Gasteiger partial charge in [0.1, 0.15) is 5.52 Å². The van der Waals surface area contributed by atoms with Crippen LogP contribution in [0.3, 0.4) is 0 Å². The van der Waals surface area contributed by atoms with E-state index in [9.17, 15) is 4.79 Å². The fourth-order valence-corrected chi connectivity index (χ4v) is 3.57. The zero-order valence-electron chi connectivity index (χ0n) is 14.2. The highest BCUT2D eigenvalue weighted by atomic mass is 32.2. The standard InChI is InChI=1S/C18H21N5OS/c1-2-9-23-14-6-4-3-5-13(14)16-17(23)20-18(22-21-16)25-11-15(24)19-10-12-7-8-12/h3-6,12H,2,7-11H2,1H3,(H,19,24). The van der Waals surface area contributed by atoms with Crippen LogP contribution in [0.2, 0.25) is 0 Å². The lowest BCUT2D eigenvalue weighted by molar-refractivity contribution is -0.118. The van der Waals surface area contributed by atoms with Gasteiger partial charge in [-0.15, -0.1) is 10.2 Å². The van der Waals surface area contributed by atoms with Crippen LogP contribution in [-0.2, 0) is 11.3 Å². The van der Waals surface area contributed by atoms with Crippen LogP contribution in [0, 0.1) is 5.92 Å². The van der Waals surface area contributed by atoms with E-state index >= 15 is 0 Å². The van der Waals surface area contributed by atoms with Crippen LogP contribution in [0.15, 0.2) is 29.4 Å². The van der Waals surface area contributed by atoms with Gasteiger partial charge >= 0.3 is 0 Å². The second-order valence-corrected chi connectivity index (χ2v) is 7.41. The van der Waals surface area contributed by atoms with Crippen LogP contribution in [0.25, 0.3) is 22.1 Å². The predicted octanol–water partition coefficient (Wildman–Crippen LogP) is 3.01. The monoisotopic (exact) mass is 355 g/mol. The predicted molar refractivity (Wildman–Crippen MR) is 99.6 cm³/mol. The number of nitrogens with one attached hydrogen (secondary N) is 1. The van der Waals surface area contributed by atoms with Gasteiger partial charge in [0.15, 0.2) is 5.65 Å². The molecular formula is C18H21N5OS. The summed E-state index contributed by atoms with van der Waals surface area (Å²) in [5.74, 6) is 1.05. The number of rotatable bonds is 7. The second-order valence-electron chi connectivity index (χ2n) is 6.47. The molecule has 0 atom stereocenters. The molecular weight excluding hydrogens is 334 g/mol. The van der Waals surface area contributed by atoms with E-state index in [-0.39, 0.29) is 5.91 Å². The lowest BCUT2D eigenvalue weighted by Gasteiger charge is -2.05. The van der Waals surface area contributed by atoms with E-state index in [1.54, 1.807) is 0 Å². The lowest BCUT2D eigenvalue weighted by Crippen LogP contribution is -2.27. The van der Waals surface area contributed by atoms with Gasteiger partial charge in [-0.3, -0.25) is 4.79 Å². The number of carbonyl (C=O) groups excluding carboxylic acids is 1. The van der Waals surface area contributed by atoms with Crippen molar-refractivity contribution in [3.8, 4) is 0 Å². The smallest absolute Gasteiger partial charge is 0.230 e. The maximum Gasteiger partial charge on any atom is 0.230 e. The van der Waals surface area contributed by atoms with Gasteiger partial charge in [-0.2, -0.15) is 0 Å². The molecule has 1 saturated carbocycles. The number of carbonyl (C=O) groups is 1. The molecule has 7 heteroatoms. The minimum atomic E-state index is 0.0368. The van der Waals surface area contributed by atoms with Gasteiger partial charge in [-0.05, 0) is 31.2 Å². The van der Waals surface area contributed by atoms with Crippen molar-refractivity contribution in [1.82, 2.24) is 25.1 Å². The van der Waals surface area contributed by atoms with Crippen molar-refractivity contribution in [2.24, 2.45) is 5.92 Å². The average molecular weight is 355 g/mol. The van der Waals surface area contributed by atoms with Crippen molar-refractivity contribution in [3.63, 3.8) is 0 Å². The first-order valence-corrected chi connectivity index (χ1v) is 9.76. The molecule has 0 saturated heterocycles. The summed E-state index contributed by atoms with van der Waals surface area (Å²) in [6, 6.07) is 8.18. The number of hydrogen-bond acceptors (Lipinski definition) is 5. The Balaban J connectivity index is 1.57. The van der Waals surface area contributed by atoms with E-state index < -0.39 is 0 Å². The molecule has 1 N–H and O–H groups in total. The van der Waals surface area contributed by atoms with Crippen LogP contribution in [0.1, 0.15) is 26.2 Å². The van der Waals surface area contributed by atoms with Crippen LogP contribution in [0.4, 0.5) is 0 Å². The molecule has 0 radical (unpaired) electrons. The van der Waals surface area contributed by atoms with Crippen molar-refractivity contribution in [2.75, 3.05) is 12.3 Å². The Kier molecular flexibility index (Phi) is 4.57. The molecule has 130 valence electrons. The van der Waals surface area contributed by atoms with Gasteiger partial charge in [0.2, 0.25) is 11.1 Å². The Hall–Kier alpha value is -2.15. The summed E-state index contributed by atoms with van der Waals surface area (Å²) in [7, 11) is 0. The third-order valence-electron chi connectivity index (χ3n) is 4.42. The van der Waals surface area contributed by atoms with Crippen molar-refractivity contribution >= 4 is 39.7 Å². The minimum absolute atomic E-state index is 0.0368. The van der Waals surface area contributed by atoms with E-state index in [1.165, 1.54) is 24.6 Å². The fourth-order valence-electron chi connectivity index (χ4n) is 2.96. The van der Waals surface area contributed by atoms with E-state index in [0.29, 0.717) is 16.8 Å². The van der Waals surface area contributed by atoms with Crippen molar-refractivity contribution in [1.29, 1.82) is 0 Å². The molecule has 1 aliphatic rings. The van der Waals surface area contributed by atoms with E-state index in [2.05, 4.69) is 44.1 Å². The van der Waals surface area contributed by atoms with Crippen LogP contribution < -0.4 is 5.32 Å². The SMILES string of the molecule is CCCn1c2ccccc2c2nnc(SCC(=O)NCC3CC3)nc21. The largest absolute Gasteiger partial charge is 0.355 e. The molecule has 0 unspecified atom stereocenters. The molecule has 2 aromatic heterocycles. The zero-order valence-corrected chi connectivity index (χ0v) is 15.1. The lowest BCUT2D eigenvalue weighted by atomic mass is 10.2. The van der Waals surface area contributed by atoms with E-state index in [0.717, 1.165) is 41.6 Å². The number of thioether (sulfide) groups is 1. The topological polar surface area (TPSA) is 72.7 Å². The number of amides is 1. The van der Waals surface area contributed by atoms with Gasteiger partial charge in [0.25, 0.3) is 0 Å². The summed E-state index contributed by atoms with van der Waals surface area (Å²) < 4.78 is 2.19. The first-order valence-electron chi connectivity index (χ1n) is 8.77. The Morgan fingerprint density at radius 3 is 2.96 bits per heavy atom. The highest BCUT2D eigenvalue weighted by Crippen LogP contribution is 2.28. The molecule has 6 nitrogen and oxygen atoms in total. The summed E-state index contributed by atoms with van der Waals surface area (Å²) in [6.07, 6.45) is 3.49. The molecule has 0 bridgehead atoms. The van der Waals surface area contributed by atoms with Gasteiger partial charge in [-0.1, -0.05) is 36.9 Å². The first-order chi connectivity index (χ1) is 12.3. The first kappa shape index (κ1) is 16.3. The highest BCUT2D eigenvalue weighted by molar-refractivity contribution is 7.99. The highest BCUT2D eigenvalue weighted by Gasteiger charge is 2.21. The van der Waals surface area contributed by atoms with Crippen LogP contribution in [-0.4, -0.2) is 38.0 Å². The van der Waals surface area contributed by atoms with Gasteiger partial charge < -0.3 is 9.88 Å². The average Bonchev–Trinajstić information content (AvgIpc) is 3.42. The maximum absolute atomic E-state index is 11.9. The Morgan fingerprint density at radius 1 is 1.32 bits per heavy atom. The Morgan fingerprint density at radius 2 is 2.16 bits per heavy atom. The molecule has 0 aliphatic heterocycles. The zero-order chi connectivity index (χ0) is 17.2. The number of benzene rings is 1. The van der Waals surface area contributed by atoms with Crippen molar-refractivity contribution in [2.45, 2.75) is 37.9 Å². The summed E-state index contributed by atoms with van der Waals surface area (Å²) >= 11 is 1.34. The van der Waals surface area contributed by atoms with Gasteiger partial charge in [-0.25, -0.2) is 4.98 Å². The minimum Gasteiger partial charge on any atom is -0.355 e. The Labute approximate surface area is 150 Å². The third-order valence-corrected chi connectivity index (χ3v) is 5.26. The van der Waals surface area contributed by atoms with E-state index in [1.807, 2.05) is 12.1 Å². The number of aryl methyl sites for hydroxylation is 1. The Bertz CT molecular complexity index is 918. The quantitative estimate of drug-likeness (QED) is 0.660. The molecule has 1 fully saturated rings. The molecule has 1 aliphatic carbocycles. The number of nitrogens with zero attached hydrogens (tertiary/aromatic N) is 4. The summed E-state index contributed by atoms with van der Waals surface area (Å²) in [5, 5.41) is 13.2. The summed E-state index contributed by atoms with van der Waals surface area (Å²) in [5.41, 5.74) is 2.80. The molecule has 25 heavy (non-hydrogen) atoms. The molecule has 4 rings (SSSR count). The van der Waals surface area contributed by atoms with E-state index in [4.69, 9.17) is 0 Å². The number of para-hydroxylation sites is 1. The summed E-state index contributed by atoms with van der Waals surface area (Å²) in [6.45, 7) is 3.83. The fraction of sp³-hybridized carbons (Fsp3) is 0.444. The third kappa shape index (κ3) is 3.46. The molecule has 0 spiro atoms. The van der Waals surface area contributed by atoms with Crippen LogP contribution in [0.5, 0.6) is 0 Å². The second kappa shape index (κ2) is 7.00. The van der Waals surface area contributed by atoms with Crippen molar-refractivity contribution < 1.29 is 4.79 Å². The molecule has 1 aromatic carbocycles. The molecule has 1 amide bonds. The molecule has 3 aromatic rings. The number of fused-ring (bicyclic) bond motifs is 3. The van der Waals surface area contributed by atoms with Gasteiger partial charge in [0, 0.05) is 18.5 Å². The van der Waals surface area contributed by atoms with Crippen molar-refractivity contribution in [3.05, 3.63) is 24.3 Å². The number of aromatic nitrogens is 4. The number of hydrogen-bond donors (Lipinski definition) is 1. The maximum atomic E-state index is 11.9.